The SMILES string of the molecule is COc1ccc(C[C@@H](O)C(N)=O)cc1. The van der Waals surface area contributed by atoms with Crippen LogP contribution in [0.2, 0.25) is 0 Å². The number of hydrogen-bond acceptors (Lipinski definition) is 3. The predicted octanol–water partition coefficient (Wildman–Crippen LogP) is 0.0839. The first-order valence-electron chi connectivity index (χ1n) is 4.24. The molecule has 1 aromatic carbocycles. The molecule has 1 amide bonds. The van der Waals surface area contributed by atoms with E-state index in [4.69, 9.17) is 10.5 Å². The van der Waals surface area contributed by atoms with E-state index >= 15 is 0 Å². The van der Waals surface area contributed by atoms with Crippen LogP contribution < -0.4 is 10.5 Å². The first kappa shape index (κ1) is 10.5. The zero-order valence-electron chi connectivity index (χ0n) is 7.93. The molecule has 1 rings (SSSR count). The van der Waals surface area contributed by atoms with Crippen molar-refractivity contribution in [2.24, 2.45) is 5.73 Å². The Morgan fingerprint density at radius 2 is 2.07 bits per heavy atom. The molecule has 0 unspecified atom stereocenters. The van der Waals surface area contributed by atoms with Crippen molar-refractivity contribution in [2.75, 3.05) is 7.11 Å². The van der Waals surface area contributed by atoms with E-state index in [2.05, 4.69) is 0 Å². The van der Waals surface area contributed by atoms with Gasteiger partial charge >= 0.3 is 0 Å². The van der Waals surface area contributed by atoms with Crippen LogP contribution in [0.3, 0.4) is 0 Å². The van der Waals surface area contributed by atoms with Gasteiger partial charge in [-0.05, 0) is 17.7 Å². The van der Waals surface area contributed by atoms with Crippen LogP contribution in [0.15, 0.2) is 24.3 Å². The summed E-state index contributed by atoms with van der Waals surface area (Å²) in [5.41, 5.74) is 5.77. The summed E-state index contributed by atoms with van der Waals surface area (Å²) in [6.45, 7) is 0. The average molecular weight is 195 g/mol. The van der Waals surface area contributed by atoms with Crippen LogP contribution in [-0.4, -0.2) is 24.2 Å². The standard InChI is InChI=1S/C10H13NO3/c1-14-8-4-2-7(3-5-8)6-9(12)10(11)13/h2-5,9,12H,6H2,1H3,(H2,11,13)/t9-/m1/s1. The molecule has 0 bridgehead atoms. The number of rotatable bonds is 4. The minimum atomic E-state index is -1.12. The lowest BCUT2D eigenvalue weighted by Gasteiger charge is -2.06. The van der Waals surface area contributed by atoms with Gasteiger partial charge in [-0.2, -0.15) is 0 Å². The van der Waals surface area contributed by atoms with Gasteiger partial charge < -0.3 is 15.6 Å². The molecular formula is C10H13NO3. The molecule has 4 heteroatoms. The summed E-state index contributed by atoms with van der Waals surface area (Å²) < 4.78 is 4.97. The number of amides is 1. The Labute approximate surface area is 82.3 Å². The number of benzene rings is 1. The van der Waals surface area contributed by atoms with E-state index in [1.165, 1.54) is 0 Å². The Morgan fingerprint density at radius 1 is 1.50 bits per heavy atom. The van der Waals surface area contributed by atoms with Gasteiger partial charge in [-0.1, -0.05) is 12.1 Å². The molecule has 0 spiro atoms. The number of carbonyl (C=O) groups is 1. The van der Waals surface area contributed by atoms with Crippen molar-refractivity contribution < 1.29 is 14.6 Å². The van der Waals surface area contributed by atoms with Gasteiger partial charge in [0, 0.05) is 6.42 Å². The third-order valence-corrected chi connectivity index (χ3v) is 1.92. The second kappa shape index (κ2) is 4.62. The molecule has 0 aliphatic rings. The Bertz CT molecular complexity index is 308. The molecule has 1 atom stereocenters. The van der Waals surface area contributed by atoms with Gasteiger partial charge in [-0.15, -0.1) is 0 Å². The van der Waals surface area contributed by atoms with E-state index < -0.39 is 12.0 Å². The van der Waals surface area contributed by atoms with Gasteiger partial charge in [0.05, 0.1) is 7.11 Å². The van der Waals surface area contributed by atoms with Crippen molar-refractivity contribution in [1.29, 1.82) is 0 Å². The number of ether oxygens (including phenoxy) is 1. The highest BCUT2D eigenvalue weighted by molar-refractivity contribution is 5.78. The molecule has 0 fully saturated rings. The van der Waals surface area contributed by atoms with Crippen molar-refractivity contribution in [2.45, 2.75) is 12.5 Å². The van der Waals surface area contributed by atoms with Crippen LogP contribution in [0.1, 0.15) is 5.56 Å². The third-order valence-electron chi connectivity index (χ3n) is 1.92. The third kappa shape index (κ3) is 2.74. The minimum absolute atomic E-state index is 0.235. The maximum absolute atomic E-state index is 10.6. The quantitative estimate of drug-likeness (QED) is 0.714. The topological polar surface area (TPSA) is 72.6 Å². The normalized spacial score (nSPS) is 12.1. The zero-order valence-corrected chi connectivity index (χ0v) is 7.93. The Hall–Kier alpha value is -1.55. The number of primary amides is 1. The number of methoxy groups -OCH3 is 1. The predicted molar refractivity (Wildman–Crippen MR) is 51.9 cm³/mol. The van der Waals surface area contributed by atoms with E-state index in [9.17, 15) is 9.90 Å². The first-order valence-corrected chi connectivity index (χ1v) is 4.24. The van der Waals surface area contributed by atoms with Gasteiger partial charge in [0.1, 0.15) is 11.9 Å². The van der Waals surface area contributed by atoms with E-state index in [0.717, 1.165) is 11.3 Å². The molecule has 0 heterocycles. The van der Waals surface area contributed by atoms with E-state index in [1.807, 2.05) is 0 Å². The fourth-order valence-corrected chi connectivity index (χ4v) is 1.09. The van der Waals surface area contributed by atoms with Crippen molar-refractivity contribution in [3.63, 3.8) is 0 Å². The molecule has 0 saturated heterocycles. The largest absolute Gasteiger partial charge is 0.497 e. The summed E-state index contributed by atoms with van der Waals surface area (Å²) in [5.74, 6) is 0.0307. The van der Waals surface area contributed by atoms with Crippen LogP contribution in [-0.2, 0) is 11.2 Å². The Morgan fingerprint density at radius 3 is 2.50 bits per heavy atom. The zero-order chi connectivity index (χ0) is 10.6. The van der Waals surface area contributed by atoms with Gasteiger partial charge in [0.2, 0.25) is 5.91 Å². The molecule has 76 valence electrons. The lowest BCUT2D eigenvalue weighted by Crippen LogP contribution is -2.29. The molecular weight excluding hydrogens is 182 g/mol. The Kier molecular flexibility index (Phi) is 3.48. The summed E-state index contributed by atoms with van der Waals surface area (Å²) in [6.07, 6.45) is -0.886. The second-order valence-electron chi connectivity index (χ2n) is 2.97. The highest BCUT2D eigenvalue weighted by atomic mass is 16.5. The summed E-state index contributed by atoms with van der Waals surface area (Å²) in [5, 5.41) is 9.20. The molecule has 14 heavy (non-hydrogen) atoms. The number of aliphatic hydroxyl groups is 1. The number of carbonyl (C=O) groups excluding carboxylic acids is 1. The van der Waals surface area contributed by atoms with Gasteiger partial charge in [-0.25, -0.2) is 0 Å². The van der Waals surface area contributed by atoms with E-state index in [0.29, 0.717) is 0 Å². The second-order valence-corrected chi connectivity index (χ2v) is 2.97. The highest BCUT2D eigenvalue weighted by Crippen LogP contribution is 2.12. The number of nitrogens with two attached hydrogens (primary N) is 1. The summed E-state index contributed by atoms with van der Waals surface area (Å²) >= 11 is 0. The molecule has 4 nitrogen and oxygen atoms in total. The molecule has 0 aliphatic heterocycles. The van der Waals surface area contributed by atoms with Crippen LogP contribution in [0.5, 0.6) is 5.75 Å². The van der Waals surface area contributed by atoms with E-state index in [1.54, 1.807) is 31.4 Å². The van der Waals surface area contributed by atoms with Crippen molar-refractivity contribution in [3.05, 3.63) is 29.8 Å². The van der Waals surface area contributed by atoms with Crippen molar-refractivity contribution in [3.8, 4) is 5.75 Å². The smallest absolute Gasteiger partial charge is 0.246 e. The monoisotopic (exact) mass is 195 g/mol. The van der Waals surface area contributed by atoms with Crippen molar-refractivity contribution in [1.82, 2.24) is 0 Å². The maximum atomic E-state index is 10.6. The summed E-state index contributed by atoms with van der Waals surface area (Å²) in [7, 11) is 1.58. The van der Waals surface area contributed by atoms with Gasteiger partial charge in [0.15, 0.2) is 0 Å². The minimum Gasteiger partial charge on any atom is -0.497 e. The maximum Gasteiger partial charge on any atom is 0.246 e. The molecule has 0 radical (unpaired) electrons. The van der Waals surface area contributed by atoms with Crippen molar-refractivity contribution >= 4 is 5.91 Å². The number of aliphatic hydroxyl groups excluding tert-OH is 1. The first-order chi connectivity index (χ1) is 6.63. The molecule has 1 aromatic rings. The van der Waals surface area contributed by atoms with Crippen LogP contribution in [0.4, 0.5) is 0 Å². The molecule has 3 N–H and O–H groups in total. The van der Waals surface area contributed by atoms with Gasteiger partial charge in [0.25, 0.3) is 0 Å². The average Bonchev–Trinajstić information content (AvgIpc) is 2.19. The van der Waals surface area contributed by atoms with Crippen LogP contribution >= 0.6 is 0 Å². The van der Waals surface area contributed by atoms with Gasteiger partial charge in [-0.3, -0.25) is 4.79 Å². The number of hydrogen-bond donors (Lipinski definition) is 2. The lowest BCUT2D eigenvalue weighted by atomic mass is 10.1. The fraction of sp³-hybridized carbons (Fsp3) is 0.300. The molecule has 0 aliphatic carbocycles. The fourth-order valence-electron chi connectivity index (χ4n) is 1.09. The summed E-state index contributed by atoms with van der Waals surface area (Å²) in [6, 6.07) is 7.10. The highest BCUT2D eigenvalue weighted by Gasteiger charge is 2.10. The molecule has 0 saturated carbocycles. The summed E-state index contributed by atoms with van der Waals surface area (Å²) in [4.78, 5) is 10.6. The van der Waals surface area contributed by atoms with Crippen LogP contribution in [0.25, 0.3) is 0 Å². The van der Waals surface area contributed by atoms with E-state index in [-0.39, 0.29) is 6.42 Å². The lowest BCUT2D eigenvalue weighted by molar-refractivity contribution is -0.125. The Balaban J connectivity index is 2.64. The van der Waals surface area contributed by atoms with Crippen LogP contribution in [0, 0.1) is 0 Å². The molecule has 0 aromatic heterocycles.